The summed E-state index contributed by atoms with van der Waals surface area (Å²) in [6.07, 6.45) is 3.37. The van der Waals surface area contributed by atoms with Gasteiger partial charge in [0.2, 0.25) is 0 Å². The van der Waals surface area contributed by atoms with Crippen LogP contribution in [0.5, 0.6) is 0 Å². The van der Waals surface area contributed by atoms with Crippen LogP contribution in [-0.2, 0) is 0 Å². The first kappa shape index (κ1) is 11.0. The summed E-state index contributed by atoms with van der Waals surface area (Å²) in [5.74, 6) is -0.0347. The molecule has 0 atom stereocenters. The maximum atomic E-state index is 12.3. The van der Waals surface area contributed by atoms with Crippen LogP contribution < -0.4 is 5.32 Å². The molecule has 3 heteroatoms. The number of hydrogen-bond acceptors (Lipinski definition) is 2. The molecule has 0 radical (unpaired) electrons. The van der Waals surface area contributed by atoms with Gasteiger partial charge in [-0.1, -0.05) is 31.2 Å². The number of pyridine rings is 1. The lowest BCUT2D eigenvalue weighted by molar-refractivity contribution is -0.132. The molecule has 5 rings (SSSR count). The predicted molar refractivity (Wildman–Crippen MR) is 73.9 cm³/mol. The number of hydrogen-bond donors (Lipinski definition) is 1. The number of carbonyl (C=O) groups excluding carboxylic acids is 1. The van der Waals surface area contributed by atoms with Gasteiger partial charge in [0.25, 0.3) is 5.91 Å². The van der Waals surface area contributed by atoms with Gasteiger partial charge in [-0.3, -0.25) is 4.79 Å². The third-order valence-corrected chi connectivity index (χ3v) is 4.51. The Labute approximate surface area is 112 Å². The second-order valence-corrected chi connectivity index (χ2v) is 6.46. The van der Waals surface area contributed by atoms with Gasteiger partial charge < -0.3 is 5.32 Å². The number of aromatic nitrogens is 1. The largest absolute Gasteiger partial charge is 0.345 e. The van der Waals surface area contributed by atoms with Crippen molar-refractivity contribution in [3.63, 3.8) is 0 Å². The van der Waals surface area contributed by atoms with Crippen LogP contribution in [-0.4, -0.2) is 16.4 Å². The van der Waals surface area contributed by atoms with E-state index in [0.29, 0.717) is 11.1 Å². The SMILES string of the molecule is CC12CC(NC(=O)c3ccc4ccccc4n3)(C1)C2. The van der Waals surface area contributed by atoms with Crippen molar-refractivity contribution < 1.29 is 4.79 Å². The number of nitrogens with one attached hydrogen (secondary N) is 1. The fraction of sp³-hybridized carbons (Fsp3) is 0.375. The van der Waals surface area contributed by atoms with Gasteiger partial charge in [-0.05, 0) is 36.8 Å². The Kier molecular flexibility index (Phi) is 1.93. The molecular formula is C16H16N2O. The van der Waals surface area contributed by atoms with Crippen molar-refractivity contribution in [1.29, 1.82) is 0 Å². The van der Waals surface area contributed by atoms with Crippen LogP contribution in [0.3, 0.4) is 0 Å². The molecule has 3 saturated carbocycles. The number of nitrogens with zero attached hydrogens (tertiary/aromatic N) is 1. The second-order valence-electron chi connectivity index (χ2n) is 6.46. The Bertz CT molecular complexity index is 672. The lowest BCUT2D eigenvalue weighted by Gasteiger charge is -2.69. The van der Waals surface area contributed by atoms with Crippen molar-refractivity contribution in [2.24, 2.45) is 5.41 Å². The van der Waals surface area contributed by atoms with E-state index in [2.05, 4.69) is 17.2 Å². The smallest absolute Gasteiger partial charge is 0.270 e. The minimum Gasteiger partial charge on any atom is -0.345 e. The highest BCUT2D eigenvalue weighted by atomic mass is 16.2. The van der Waals surface area contributed by atoms with Crippen LogP contribution in [0.2, 0.25) is 0 Å². The first-order valence-electron chi connectivity index (χ1n) is 6.76. The molecule has 3 nitrogen and oxygen atoms in total. The molecule has 2 bridgehead atoms. The van der Waals surface area contributed by atoms with Crippen LogP contribution in [0.4, 0.5) is 0 Å². The normalized spacial score (nSPS) is 31.4. The first-order chi connectivity index (χ1) is 9.08. The molecule has 96 valence electrons. The summed E-state index contributed by atoms with van der Waals surface area (Å²) in [5.41, 5.74) is 1.98. The number of amides is 1. The molecule has 19 heavy (non-hydrogen) atoms. The van der Waals surface area contributed by atoms with E-state index in [0.717, 1.165) is 30.2 Å². The Morgan fingerprint density at radius 3 is 2.63 bits per heavy atom. The minimum atomic E-state index is -0.0347. The molecule has 1 N–H and O–H groups in total. The Balaban J connectivity index is 1.58. The number of carbonyl (C=O) groups is 1. The van der Waals surface area contributed by atoms with Crippen molar-refractivity contribution in [2.45, 2.75) is 31.7 Å². The zero-order valence-electron chi connectivity index (χ0n) is 10.9. The zero-order valence-corrected chi connectivity index (χ0v) is 10.9. The minimum absolute atomic E-state index is 0.0347. The maximum absolute atomic E-state index is 12.3. The van der Waals surface area contributed by atoms with Crippen LogP contribution in [0.15, 0.2) is 36.4 Å². The highest BCUT2D eigenvalue weighted by molar-refractivity contribution is 5.95. The lowest BCUT2D eigenvalue weighted by Crippen LogP contribution is -2.73. The highest BCUT2D eigenvalue weighted by Crippen LogP contribution is 2.66. The number of rotatable bonds is 2. The van der Waals surface area contributed by atoms with E-state index < -0.39 is 0 Å². The highest BCUT2D eigenvalue weighted by Gasteiger charge is 2.65. The fourth-order valence-electron chi connectivity index (χ4n) is 3.93. The molecule has 1 amide bonds. The average Bonchev–Trinajstić information content (AvgIpc) is 2.35. The van der Waals surface area contributed by atoms with E-state index in [1.54, 1.807) is 0 Å². The van der Waals surface area contributed by atoms with Crippen LogP contribution in [0, 0.1) is 5.41 Å². The van der Waals surface area contributed by atoms with Crippen LogP contribution >= 0.6 is 0 Å². The summed E-state index contributed by atoms with van der Waals surface area (Å²) in [6, 6.07) is 11.6. The van der Waals surface area contributed by atoms with Gasteiger partial charge in [0, 0.05) is 10.9 Å². The van der Waals surface area contributed by atoms with E-state index in [1.165, 1.54) is 0 Å². The van der Waals surface area contributed by atoms with Crippen molar-refractivity contribution in [3.8, 4) is 0 Å². The van der Waals surface area contributed by atoms with Gasteiger partial charge in [-0.25, -0.2) is 4.98 Å². The lowest BCUT2D eigenvalue weighted by atomic mass is 9.40. The average molecular weight is 252 g/mol. The zero-order chi connectivity index (χ0) is 13.1. The summed E-state index contributed by atoms with van der Waals surface area (Å²) in [6.45, 7) is 2.29. The molecule has 0 saturated heterocycles. The van der Waals surface area contributed by atoms with E-state index in [4.69, 9.17) is 0 Å². The molecule has 1 aromatic heterocycles. The van der Waals surface area contributed by atoms with E-state index in [-0.39, 0.29) is 11.4 Å². The van der Waals surface area contributed by atoms with Crippen molar-refractivity contribution in [1.82, 2.24) is 10.3 Å². The summed E-state index contributed by atoms with van der Waals surface area (Å²) in [4.78, 5) is 16.7. The molecule has 1 aromatic carbocycles. The molecule has 0 unspecified atom stereocenters. The molecule has 0 aliphatic heterocycles. The molecule has 3 aliphatic rings. The van der Waals surface area contributed by atoms with Gasteiger partial charge >= 0.3 is 0 Å². The van der Waals surface area contributed by atoms with E-state index in [1.807, 2.05) is 36.4 Å². The van der Waals surface area contributed by atoms with Crippen LogP contribution in [0.1, 0.15) is 36.7 Å². The standard InChI is InChI=1S/C16H16N2O/c1-15-8-16(9-15,10-15)18-14(19)13-7-6-11-4-2-3-5-12(11)17-13/h2-7H,8-10H2,1H3,(H,18,19). The summed E-state index contributed by atoms with van der Waals surface area (Å²) in [7, 11) is 0. The number of para-hydroxylation sites is 1. The van der Waals surface area contributed by atoms with Gasteiger partial charge in [0.15, 0.2) is 0 Å². The number of fused-ring (bicyclic) bond motifs is 1. The number of benzene rings is 1. The topological polar surface area (TPSA) is 42.0 Å². The molecular weight excluding hydrogens is 236 g/mol. The third kappa shape index (κ3) is 1.57. The van der Waals surface area contributed by atoms with Crippen LogP contribution in [0.25, 0.3) is 10.9 Å². The molecule has 2 aromatic rings. The first-order valence-corrected chi connectivity index (χ1v) is 6.76. The summed E-state index contributed by atoms with van der Waals surface area (Å²) in [5, 5.41) is 4.23. The maximum Gasteiger partial charge on any atom is 0.270 e. The Hall–Kier alpha value is -1.90. The molecule has 3 aliphatic carbocycles. The van der Waals surface area contributed by atoms with E-state index >= 15 is 0 Å². The van der Waals surface area contributed by atoms with Gasteiger partial charge in [-0.15, -0.1) is 0 Å². The summed E-state index contributed by atoms with van der Waals surface area (Å²) < 4.78 is 0. The monoisotopic (exact) mass is 252 g/mol. The Morgan fingerprint density at radius 1 is 1.16 bits per heavy atom. The second kappa shape index (κ2) is 3.35. The molecule has 3 fully saturated rings. The van der Waals surface area contributed by atoms with Gasteiger partial charge in [0.05, 0.1) is 5.52 Å². The third-order valence-electron chi connectivity index (χ3n) is 4.51. The quantitative estimate of drug-likeness (QED) is 0.893. The van der Waals surface area contributed by atoms with Crippen molar-refractivity contribution in [2.75, 3.05) is 0 Å². The fourth-order valence-corrected chi connectivity index (χ4v) is 3.93. The van der Waals surface area contributed by atoms with Gasteiger partial charge in [-0.2, -0.15) is 0 Å². The van der Waals surface area contributed by atoms with Crippen molar-refractivity contribution in [3.05, 3.63) is 42.1 Å². The predicted octanol–water partition coefficient (Wildman–Crippen LogP) is 2.91. The summed E-state index contributed by atoms with van der Waals surface area (Å²) >= 11 is 0. The van der Waals surface area contributed by atoms with Gasteiger partial charge in [0.1, 0.15) is 5.69 Å². The molecule has 0 spiro atoms. The van der Waals surface area contributed by atoms with E-state index in [9.17, 15) is 4.79 Å². The molecule has 1 heterocycles. The van der Waals surface area contributed by atoms with Crippen molar-refractivity contribution >= 4 is 16.8 Å². The Morgan fingerprint density at radius 2 is 1.89 bits per heavy atom.